The molecule has 3 rings (SSSR count). The molecular weight excluding hydrogens is 281 g/mol. The molecule has 0 amide bonds. The van der Waals surface area contributed by atoms with Gasteiger partial charge in [0.2, 0.25) is 0 Å². The minimum Gasteiger partial charge on any atom is -0.227 e. The summed E-state index contributed by atoms with van der Waals surface area (Å²) in [5, 5.41) is 1.80. The molecule has 0 N–H and O–H groups in total. The lowest BCUT2D eigenvalue weighted by atomic mass is 10.4. The molecule has 1 nitrogen and oxygen atoms in total. The Morgan fingerprint density at radius 3 is 2.38 bits per heavy atom. The summed E-state index contributed by atoms with van der Waals surface area (Å²) in [7, 11) is 0. The van der Waals surface area contributed by atoms with Gasteiger partial charge in [0, 0.05) is 14.7 Å². The molecule has 5 heteroatoms. The number of nitrogens with zero attached hydrogens (tertiary/aromatic N) is 1. The average Bonchev–Trinajstić information content (AvgIpc) is 2.28. The Balaban J connectivity index is 2.12. The van der Waals surface area contributed by atoms with Crippen molar-refractivity contribution < 1.29 is 0 Å². The van der Waals surface area contributed by atoms with E-state index in [1.165, 1.54) is 9.79 Å². The predicted molar refractivity (Wildman–Crippen MR) is 68.9 cm³/mol. The molecule has 0 saturated heterocycles. The van der Waals surface area contributed by atoms with Crippen LogP contribution < -0.4 is 0 Å². The van der Waals surface area contributed by atoms with Crippen LogP contribution in [-0.2, 0) is 0 Å². The summed E-state index contributed by atoms with van der Waals surface area (Å²) in [6.45, 7) is 0. The maximum Gasteiger partial charge on any atom is 0.149 e. The van der Waals surface area contributed by atoms with Gasteiger partial charge in [-0.2, -0.15) is 0 Å². The second-order valence-corrected chi connectivity index (χ2v) is 6.09. The third-order valence-corrected chi connectivity index (χ3v) is 5.26. The zero-order valence-electron chi connectivity index (χ0n) is 7.91. The van der Waals surface area contributed by atoms with Gasteiger partial charge >= 0.3 is 0 Å². The third-order valence-electron chi connectivity index (χ3n) is 2.14. The van der Waals surface area contributed by atoms with Crippen molar-refractivity contribution in [3.05, 3.63) is 40.5 Å². The number of hydrogen-bond donors (Lipinski definition) is 0. The molecule has 0 spiro atoms. The molecule has 1 aliphatic heterocycles. The van der Waals surface area contributed by atoms with Gasteiger partial charge in [-0.3, -0.25) is 0 Å². The van der Waals surface area contributed by atoms with Gasteiger partial charge in [0.1, 0.15) is 10.2 Å². The molecule has 0 fully saturated rings. The standard InChI is InChI=1S/C11H5Cl2NS2/c12-6-5-9-11(14-10(6)13)16-8-4-2-1-3-7(8)15-9/h1-5H. The first-order valence-electron chi connectivity index (χ1n) is 4.55. The Morgan fingerprint density at radius 2 is 1.62 bits per heavy atom. The van der Waals surface area contributed by atoms with Gasteiger partial charge in [-0.05, 0) is 18.2 Å². The number of aromatic nitrogens is 1. The zero-order chi connectivity index (χ0) is 11.1. The van der Waals surface area contributed by atoms with E-state index < -0.39 is 0 Å². The number of fused-ring (bicyclic) bond motifs is 2. The van der Waals surface area contributed by atoms with E-state index in [1.54, 1.807) is 23.5 Å². The fourth-order valence-electron chi connectivity index (χ4n) is 1.42. The van der Waals surface area contributed by atoms with Gasteiger partial charge in [-0.15, -0.1) is 0 Å². The van der Waals surface area contributed by atoms with Crippen LogP contribution in [0.2, 0.25) is 10.2 Å². The molecule has 1 aromatic carbocycles. The van der Waals surface area contributed by atoms with Gasteiger partial charge in [-0.1, -0.05) is 58.9 Å². The Hall–Kier alpha value is -0.350. The Kier molecular flexibility index (Phi) is 2.80. The second-order valence-electron chi connectivity index (χ2n) is 3.22. The summed E-state index contributed by atoms with van der Waals surface area (Å²) in [5.74, 6) is 0. The van der Waals surface area contributed by atoms with Crippen molar-refractivity contribution in [2.75, 3.05) is 0 Å². The van der Waals surface area contributed by atoms with Crippen LogP contribution in [-0.4, -0.2) is 4.98 Å². The largest absolute Gasteiger partial charge is 0.227 e. The van der Waals surface area contributed by atoms with Crippen LogP contribution in [0, 0.1) is 0 Å². The maximum absolute atomic E-state index is 5.96. The molecule has 2 heterocycles. The lowest BCUT2D eigenvalue weighted by Gasteiger charge is -2.17. The highest BCUT2D eigenvalue weighted by Crippen LogP contribution is 2.48. The quantitative estimate of drug-likeness (QED) is 0.539. The second kappa shape index (κ2) is 4.15. The number of pyridine rings is 1. The normalized spacial score (nSPS) is 13.1. The van der Waals surface area contributed by atoms with Crippen LogP contribution >= 0.6 is 46.7 Å². The summed E-state index contributed by atoms with van der Waals surface area (Å²) < 4.78 is 0. The first-order valence-corrected chi connectivity index (χ1v) is 6.94. The molecule has 0 atom stereocenters. The van der Waals surface area contributed by atoms with Crippen molar-refractivity contribution in [3.63, 3.8) is 0 Å². The maximum atomic E-state index is 5.96. The molecule has 2 aromatic rings. The molecule has 16 heavy (non-hydrogen) atoms. The number of benzene rings is 1. The Morgan fingerprint density at radius 1 is 0.938 bits per heavy atom. The molecule has 80 valence electrons. The molecule has 0 aliphatic carbocycles. The van der Waals surface area contributed by atoms with E-state index in [4.69, 9.17) is 23.2 Å². The van der Waals surface area contributed by atoms with Gasteiger partial charge in [0.25, 0.3) is 0 Å². The van der Waals surface area contributed by atoms with E-state index in [0.717, 1.165) is 9.92 Å². The van der Waals surface area contributed by atoms with E-state index in [-0.39, 0.29) is 0 Å². The van der Waals surface area contributed by atoms with Gasteiger partial charge in [0.15, 0.2) is 0 Å². The Bertz CT molecular complexity index is 522. The molecule has 0 bridgehead atoms. The van der Waals surface area contributed by atoms with Crippen molar-refractivity contribution in [2.24, 2.45) is 0 Å². The van der Waals surface area contributed by atoms with Gasteiger partial charge in [-0.25, -0.2) is 4.98 Å². The summed E-state index contributed by atoms with van der Waals surface area (Å²) >= 11 is 15.2. The molecule has 0 radical (unpaired) electrons. The van der Waals surface area contributed by atoms with Crippen LogP contribution in [0.4, 0.5) is 0 Å². The SMILES string of the molecule is Clc1cc2c(nc1Cl)Sc1ccccc1S2. The molecule has 0 unspecified atom stereocenters. The number of halogens is 2. The summed E-state index contributed by atoms with van der Waals surface area (Å²) in [5.41, 5.74) is 0. The molecule has 0 saturated carbocycles. The minimum atomic E-state index is 0.368. The molecule has 1 aromatic heterocycles. The average molecular weight is 286 g/mol. The van der Waals surface area contributed by atoms with Crippen LogP contribution in [0.3, 0.4) is 0 Å². The number of hydrogen-bond acceptors (Lipinski definition) is 3. The van der Waals surface area contributed by atoms with Crippen molar-refractivity contribution in [1.29, 1.82) is 0 Å². The fraction of sp³-hybridized carbons (Fsp3) is 0. The van der Waals surface area contributed by atoms with Crippen molar-refractivity contribution >= 4 is 46.7 Å². The Labute approximate surface area is 112 Å². The van der Waals surface area contributed by atoms with Gasteiger partial charge in [0.05, 0.1) is 5.02 Å². The lowest BCUT2D eigenvalue weighted by Crippen LogP contribution is -1.92. The highest BCUT2D eigenvalue weighted by molar-refractivity contribution is 8.05. The van der Waals surface area contributed by atoms with Crippen LogP contribution in [0.1, 0.15) is 0 Å². The van der Waals surface area contributed by atoms with Crippen LogP contribution in [0.5, 0.6) is 0 Å². The van der Waals surface area contributed by atoms with E-state index in [1.807, 2.05) is 18.2 Å². The van der Waals surface area contributed by atoms with E-state index in [0.29, 0.717) is 10.2 Å². The first kappa shape index (κ1) is 10.8. The third kappa shape index (κ3) is 1.82. The zero-order valence-corrected chi connectivity index (χ0v) is 11.1. The van der Waals surface area contributed by atoms with Crippen LogP contribution in [0.15, 0.2) is 50.0 Å². The molecular formula is C11H5Cl2NS2. The van der Waals surface area contributed by atoms with Gasteiger partial charge < -0.3 is 0 Å². The summed E-state index contributed by atoms with van der Waals surface area (Å²) in [4.78, 5) is 7.81. The van der Waals surface area contributed by atoms with E-state index >= 15 is 0 Å². The van der Waals surface area contributed by atoms with Crippen LogP contribution in [0.25, 0.3) is 0 Å². The molecule has 1 aliphatic rings. The number of rotatable bonds is 0. The first-order chi connectivity index (χ1) is 7.74. The summed E-state index contributed by atoms with van der Waals surface area (Å²) in [6.07, 6.45) is 0. The predicted octanol–water partition coefficient (Wildman–Crippen LogP) is 5.00. The monoisotopic (exact) mass is 285 g/mol. The lowest BCUT2D eigenvalue weighted by molar-refractivity contribution is 1.01. The van der Waals surface area contributed by atoms with Crippen molar-refractivity contribution in [1.82, 2.24) is 4.98 Å². The van der Waals surface area contributed by atoms with Crippen molar-refractivity contribution in [2.45, 2.75) is 19.7 Å². The highest BCUT2D eigenvalue weighted by Gasteiger charge is 2.19. The highest BCUT2D eigenvalue weighted by atomic mass is 35.5. The smallest absolute Gasteiger partial charge is 0.149 e. The van der Waals surface area contributed by atoms with E-state index in [2.05, 4.69) is 17.1 Å². The van der Waals surface area contributed by atoms with E-state index in [9.17, 15) is 0 Å². The summed E-state index contributed by atoms with van der Waals surface area (Å²) in [6, 6.07) is 10.1. The fourth-order valence-corrected chi connectivity index (χ4v) is 4.01. The minimum absolute atomic E-state index is 0.368. The topological polar surface area (TPSA) is 12.9 Å². The van der Waals surface area contributed by atoms with Crippen molar-refractivity contribution in [3.8, 4) is 0 Å².